The monoisotopic (exact) mass is 250 g/mol. The highest BCUT2D eigenvalue weighted by molar-refractivity contribution is 7.17. The Bertz CT molecular complexity index is 517. The van der Waals surface area contributed by atoms with Gasteiger partial charge in [-0.25, -0.2) is 4.98 Å². The van der Waals surface area contributed by atoms with Crippen molar-refractivity contribution >= 4 is 22.3 Å². The molecule has 2 heterocycles. The number of hydrogen-bond acceptors (Lipinski definition) is 5. The molecule has 2 aromatic heterocycles. The number of carbonyl (C=O) groups is 1. The Labute approximate surface area is 104 Å². The number of aryl methyl sites for hydroxylation is 1. The molecule has 0 saturated carbocycles. The fraction of sp³-hybridized carbons (Fsp3) is 0.333. The van der Waals surface area contributed by atoms with Gasteiger partial charge in [-0.3, -0.25) is 4.79 Å². The van der Waals surface area contributed by atoms with Crippen molar-refractivity contribution in [3.63, 3.8) is 0 Å². The summed E-state index contributed by atoms with van der Waals surface area (Å²) in [5.74, 6) is 0.0722. The summed E-state index contributed by atoms with van der Waals surface area (Å²) in [5.41, 5.74) is 1.89. The van der Waals surface area contributed by atoms with Crippen molar-refractivity contribution in [2.45, 2.75) is 20.4 Å². The second kappa shape index (κ2) is 4.71. The van der Waals surface area contributed by atoms with Gasteiger partial charge in [0.25, 0.3) is 0 Å². The number of carbonyl (C=O) groups excluding carboxylic acids is 1. The molecule has 0 aliphatic heterocycles. The van der Waals surface area contributed by atoms with E-state index in [0.29, 0.717) is 0 Å². The van der Waals surface area contributed by atoms with Crippen molar-refractivity contribution < 1.29 is 9.21 Å². The first kappa shape index (κ1) is 11.9. The van der Waals surface area contributed by atoms with Crippen molar-refractivity contribution in [2.24, 2.45) is 0 Å². The van der Waals surface area contributed by atoms with Crippen LogP contribution in [0.5, 0.6) is 0 Å². The Morgan fingerprint density at radius 1 is 1.59 bits per heavy atom. The molecule has 0 fully saturated rings. The molecular weight excluding hydrogens is 236 g/mol. The van der Waals surface area contributed by atoms with Crippen LogP contribution in [0, 0.1) is 6.92 Å². The van der Waals surface area contributed by atoms with Crippen LogP contribution in [0.1, 0.15) is 27.9 Å². The van der Waals surface area contributed by atoms with Gasteiger partial charge in [0.05, 0.1) is 23.1 Å². The highest BCUT2D eigenvalue weighted by Gasteiger charge is 2.14. The number of rotatable bonds is 4. The molecular formula is C12H14N2O2S. The van der Waals surface area contributed by atoms with Crippen LogP contribution in [0.3, 0.4) is 0 Å². The number of thiazole rings is 1. The fourth-order valence-corrected chi connectivity index (χ4v) is 2.52. The first-order valence-electron chi connectivity index (χ1n) is 5.28. The molecule has 0 N–H and O–H groups in total. The Kier molecular flexibility index (Phi) is 3.28. The highest BCUT2D eigenvalue weighted by Crippen LogP contribution is 2.26. The van der Waals surface area contributed by atoms with Gasteiger partial charge in [-0.2, -0.15) is 0 Å². The summed E-state index contributed by atoms with van der Waals surface area (Å²) in [6.45, 7) is 4.16. The SMILES string of the molecule is CC(=O)c1sc(N(C)Cc2ccoc2)nc1C. The largest absolute Gasteiger partial charge is 0.472 e. The molecule has 0 aliphatic rings. The molecule has 4 nitrogen and oxygen atoms in total. The second-order valence-electron chi connectivity index (χ2n) is 3.95. The van der Waals surface area contributed by atoms with Crippen molar-refractivity contribution in [1.82, 2.24) is 4.98 Å². The third-order valence-electron chi connectivity index (χ3n) is 2.43. The van der Waals surface area contributed by atoms with Crippen molar-refractivity contribution in [3.05, 3.63) is 34.7 Å². The van der Waals surface area contributed by atoms with Crippen LogP contribution in [0.4, 0.5) is 5.13 Å². The van der Waals surface area contributed by atoms with Crippen LogP contribution in [0.15, 0.2) is 23.0 Å². The molecule has 0 aliphatic carbocycles. The number of hydrogen-bond donors (Lipinski definition) is 0. The van der Waals surface area contributed by atoms with Crippen molar-refractivity contribution in [2.75, 3.05) is 11.9 Å². The fourth-order valence-electron chi connectivity index (χ4n) is 1.60. The maximum atomic E-state index is 11.4. The molecule has 0 saturated heterocycles. The van der Waals surface area contributed by atoms with E-state index in [0.717, 1.165) is 27.8 Å². The zero-order chi connectivity index (χ0) is 12.4. The minimum atomic E-state index is 0.0722. The predicted molar refractivity (Wildman–Crippen MR) is 67.7 cm³/mol. The Balaban J connectivity index is 2.17. The minimum absolute atomic E-state index is 0.0722. The molecule has 0 spiro atoms. The number of furan rings is 1. The van der Waals surface area contributed by atoms with E-state index in [1.54, 1.807) is 19.5 Å². The minimum Gasteiger partial charge on any atom is -0.472 e. The number of ketones is 1. The van der Waals surface area contributed by atoms with E-state index in [9.17, 15) is 4.79 Å². The maximum Gasteiger partial charge on any atom is 0.186 e. The van der Waals surface area contributed by atoms with Gasteiger partial charge in [0.1, 0.15) is 0 Å². The lowest BCUT2D eigenvalue weighted by atomic mass is 10.3. The lowest BCUT2D eigenvalue weighted by molar-refractivity contribution is 0.102. The van der Waals surface area contributed by atoms with E-state index in [1.807, 2.05) is 24.9 Å². The van der Waals surface area contributed by atoms with Crippen LogP contribution >= 0.6 is 11.3 Å². The summed E-state index contributed by atoms with van der Waals surface area (Å²) in [6.07, 6.45) is 3.36. The quantitative estimate of drug-likeness (QED) is 0.783. The molecule has 0 aromatic carbocycles. The topological polar surface area (TPSA) is 46.3 Å². The lowest BCUT2D eigenvalue weighted by Gasteiger charge is -2.13. The molecule has 17 heavy (non-hydrogen) atoms. The van der Waals surface area contributed by atoms with Gasteiger partial charge in [0.2, 0.25) is 0 Å². The first-order valence-corrected chi connectivity index (χ1v) is 6.10. The van der Waals surface area contributed by atoms with E-state index in [4.69, 9.17) is 4.42 Å². The van der Waals surface area contributed by atoms with E-state index in [1.165, 1.54) is 11.3 Å². The zero-order valence-electron chi connectivity index (χ0n) is 10.1. The van der Waals surface area contributed by atoms with Crippen molar-refractivity contribution in [3.8, 4) is 0 Å². The second-order valence-corrected chi connectivity index (χ2v) is 4.93. The van der Waals surface area contributed by atoms with E-state index in [2.05, 4.69) is 4.98 Å². The van der Waals surface area contributed by atoms with Crippen LogP contribution in [-0.2, 0) is 6.54 Å². The third-order valence-corrected chi connectivity index (χ3v) is 3.80. The summed E-state index contributed by atoms with van der Waals surface area (Å²) in [5, 5.41) is 0.855. The summed E-state index contributed by atoms with van der Waals surface area (Å²) < 4.78 is 5.02. The predicted octanol–water partition coefficient (Wildman–Crippen LogP) is 2.88. The van der Waals surface area contributed by atoms with Gasteiger partial charge in [-0.15, -0.1) is 0 Å². The van der Waals surface area contributed by atoms with Crippen LogP contribution in [0.2, 0.25) is 0 Å². The molecule has 2 aromatic rings. The first-order chi connectivity index (χ1) is 8.08. The summed E-state index contributed by atoms with van der Waals surface area (Å²) in [7, 11) is 1.95. The van der Waals surface area contributed by atoms with Gasteiger partial charge in [0.15, 0.2) is 10.9 Å². The Morgan fingerprint density at radius 3 is 2.88 bits per heavy atom. The smallest absolute Gasteiger partial charge is 0.186 e. The molecule has 90 valence electrons. The number of Topliss-reactive ketones (excluding diaryl/α,β-unsaturated/α-hetero) is 1. The summed E-state index contributed by atoms with van der Waals surface area (Å²) >= 11 is 1.43. The highest BCUT2D eigenvalue weighted by atomic mass is 32.1. The number of anilines is 1. The van der Waals surface area contributed by atoms with Crippen LogP contribution in [0.25, 0.3) is 0 Å². The van der Waals surface area contributed by atoms with Crippen LogP contribution in [-0.4, -0.2) is 17.8 Å². The Hall–Kier alpha value is -1.62. The molecule has 0 bridgehead atoms. The van der Waals surface area contributed by atoms with Gasteiger partial charge >= 0.3 is 0 Å². The molecule has 0 unspecified atom stereocenters. The average Bonchev–Trinajstić information content (AvgIpc) is 2.86. The van der Waals surface area contributed by atoms with E-state index in [-0.39, 0.29) is 5.78 Å². The number of nitrogens with zero attached hydrogens (tertiary/aromatic N) is 2. The molecule has 0 amide bonds. The van der Waals surface area contributed by atoms with E-state index < -0.39 is 0 Å². The molecule has 2 rings (SSSR count). The lowest BCUT2D eigenvalue weighted by Crippen LogP contribution is -2.15. The van der Waals surface area contributed by atoms with Gasteiger partial charge in [-0.05, 0) is 13.0 Å². The molecule has 0 radical (unpaired) electrons. The maximum absolute atomic E-state index is 11.4. The normalized spacial score (nSPS) is 10.5. The molecule has 5 heteroatoms. The van der Waals surface area contributed by atoms with Gasteiger partial charge < -0.3 is 9.32 Å². The Morgan fingerprint density at radius 2 is 2.35 bits per heavy atom. The van der Waals surface area contributed by atoms with Gasteiger partial charge in [-0.1, -0.05) is 11.3 Å². The summed E-state index contributed by atoms with van der Waals surface area (Å²) in [6, 6.07) is 1.92. The van der Waals surface area contributed by atoms with Crippen LogP contribution < -0.4 is 4.90 Å². The van der Waals surface area contributed by atoms with Gasteiger partial charge in [0, 0.05) is 26.1 Å². The summed E-state index contributed by atoms with van der Waals surface area (Å²) in [4.78, 5) is 18.5. The average molecular weight is 250 g/mol. The third kappa shape index (κ3) is 2.55. The zero-order valence-corrected chi connectivity index (χ0v) is 10.9. The van der Waals surface area contributed by atoms with E-state index >= 15 is 0 Å². The standard InChI is InChI=1S/C12H14N2O2S/c1-8-11(9(2)15)17-12(13-8)14(3)6-10-4-5-16-7-10/h4-5,7H,6H2,1-3H3. The number of aromatic nitrogens is 1. The van der Waals surface area contributed by atoms with Crippen molar-refractivity contribution in [1.29, 1.82) is 0 Å². The molecule has 0 atom stereocenters.